The molecule has 0 spiro atoms. The van der Waals surface area contributed by atoms with Gasteiger partial charge in [0.05, 0.1) is 25.5 Å². The Morgan fingerprint density at radius 1 is 0.972 bits per heavy atom. The zero-order chi connectivity index (χ0) is 25.1. The summed E-state index contributed by atoms with van der Waals surface area (Å²) in [7, 11) is 1.65. The number of carbonyl (C=O) groups excluding carboxylic acids is 1. The topological polar surface area (TPSA) is 67.5 Å². The van der Waals surface area contributed by atoms with Crippen LogP contribution in [0.1, 0.15) is 53.5 Å². The number of carbonyl (C=O) groups is 1. The zero-order valence-electron chi connectivity index (χ0n) is 20.9. The number of ether oxygens (including phenoxy) is 2. The number of hydrogen-bond acceptors (Lipinski definition) is 4. The number of fused-ring (bicyclic) bond motifs is 1. The van der Waals surface area contributed by atoms with Gasteiger partial charge in [0, 0.05) is 17.7 Å². The molecule has 1 aliphatic heterocycles. The molecule has 0 bridgehead atoms. The molecule has 1 atom stereocenters. The van der Waals surface area contributed by atoms with Crippen LogP contribution in [-0.2, 0) is 6.54 Å². The largest absolute Gasteiger partial charge is 0.493 e. The fourth-order valence-corrected chi connectivity index (χ4v) is 4.68. The van der Waals surface area contributed by atoms with Gasteiger partial charge in [0.15, 0.2) is 11.5 Å². The molecule has 0 saturated carbocycles. The van der Waals surface area contributed by atoms with E-state index >= 15 is 0 Å². The third-order valence-corrected chi connectivity index (χ3v) is 6.56. The number of H-pyrrole nitrogens is 1. The van der Waals surface area contributed by atoms with E-state index in [1.807, 2.05) is 83.8 Å². The van der Waals surface area contributed by atoms with E-state index < -0.39 is 0 Å². The van der Waals surface area contributed by atoms with Crippen LogP contribution in [0.15, 0.2) is 78.9 Å². The fraction of sp³-hybridized carbons (Fsp3) is 0.267. The number of aromatic amines is 1. The van der Waals surface area contributed by atoms with Gasteiger partial charge < -0.3 is 14.4 Å². The number of nitrogens with one attached hydrogen (secondary N) is 1. The van der Waals surface area contributed by atoms with Crippen LogP contribution < -0.4 is 9.47 Å². The molecule has 1 amide bonds. The van der Waals surface area contributed by atoms with Crippen LogP contribution in [0.4, 0.5) is 0 Å². The van der Waals surface area contributed by atoms with Gasteiger partial charge in [-0.1, -0.05) is 80.6 Å². The van der Waals surface area contributed by atoms with Gasteiger partial charge in [0.1, 0.15) is 5.69 Å². The summed E-state index contributed by atoms with van der Waals surface area (Å²) in [6.45, 7) is 5.46. The SMILES string of the molecule is COc1cc(C2c3c(-c4ccccc4)n[nH]c3C(=O)N2Cc2ccccc2)ccc1OCCC(C)C. The number of aromatic nitrogens is 2. The lowest BCUT2D eigenvalue weighted by Gasteiger charge is -2.27. The van der Waals surface area contributed by atoms with Gasteiger partial charge >= 0.3 is 0 Å². The van der Waals surface area contributed by atoms with Gasteiger partial charge in [0.2, 0.25) is 0 Å². The second-order valence-corrected chi connectivity index (χ2v) is 9.49. The van der Waals surface area contributed by atoms with Gasteiger partial charge in [-0.05, 0) is 35.6 Å². The summed E-state index contributed by atoms with van der Waals surface area (Å²) in [5.41, 5.74) is 5.19. The average molecular weight is 482 g/mol. The minimum Gasteiger partial charge on any atom is -0.493 e. The van der Waals surface area contributed by atoms with Crippen LogP contribution in [-0.4, -0.2) is 34.7 Å². The first-order valence-electron chi connectivity index (χ1n) is 12.4. The molecule has 0 radical (unpaired) electrons. The fourth-order valence-electron chi connectivity index (χ4n) is 4.68. The highest BCUT2D eigenvalue weighted by Crippen LogP contribution is 2.45. The Kier molecular flexibility index (Phi) is 6.76. The Morgan fingerprint density at radius 3 is 2.39 bits per heavy atom. The first-order chi connectivity index (χ1) is 17.6. The molecule has 3 aromatic carbocycles. The first kappa shape index (κ1) is 23.7. The molecular formula is C30H31N3O3. The van der Waals surface area contributed by atoms with E-state index in [9.17, 15) is 4.79 Å². The van der Waals surface area contributed by atoms with Crippen molar-refractivity contribution in [2.75, 3.05) is 13.7 Å². The Hall–Kier alpha value is -4.06. The van der Waals surface area contributed by atoms with Gasteiger partial charge in [-0.15, -0.1) is 0 Å². The van der Waals surface area contributed by atoms with Crippen molar-refractivity contribution < 1.29 is 14.3 Å². The predicted molar refractivity (Wildman–Crippen MR) is 140 cm³/mol. The van der Waals surface area contributed by atoms with E-state index in [2.05, 4.69) is 24.0 Å². The lowest BCUT2D eigenvalue weighted by molar-refractivity contribution is 0.0730. The number of hydrogen-bond donors (Lipinski definition) is 1. The van der Waals surface area contributed by atoms with Crippen molar-refractivity contribution in [1.29, 1.82) is 0 Å². The molecule has 1 aliphatic rings. The van der Waals surface area contributed by atoms with Crippen molar-refractivity contribution in [1.82, 2.24) is 15.1 Å². The number of amides is 1. The van der Waals surface area contributed by atoms with E-state index in [1.165, 1.54) is 0 Å². The molecule has 184 valence electrons. The first-order valence-corrected chi connectivity index (χ1v) is 12.4. The maximum absolute atomic E-state index is 13.7. The zero-order valence-corrected chi connectivity index (χ0v) is 20.9. The van der Waals surface area contributed by atoms with Crippen LogP contribution in [0.5, 0.6) is 11.5 Å². The highest BCUT2D eigenvalue weighted by molar-refractivity contribution is 6.00. The van der Waals surface area contributed by atoms with Crippen molar-refractivity contribution >= 4 is 5.91 Å². The molecule has 4 aromatic rings. The molecule has 6 nitrogen and oxygen atoms in total. The molecule has 0 aliphatic carbocycles. The van der Waals surface area contributed by atoms with E-state index in [0.717, 1.165) is 34.4 Å². The summed E-state index contributed by atoms with van der Waals surface area (Å²) in [6, 6.07) is 25.7. The van der Waals surface area contributed by atoms with Crippen molar-refractivity contribution in [3.05, 3.63) is 101 Å². The Labute approximate surface area is 211 Å². The van der Waals surface area contributed by atoms with Crippen molar-refractivity contribution in [2.45, 2.75) is 32.9 Å². The van der Waals surface area contributed by atoms with Gasteiger partial charge in [-0.2, -0.15) is 5.10 Å². The van der Waals surface area contributed by atoms with E-state index in [4.69, 9.17) is 9.47 Å². The van der Waals surface area contributed by atoms with Crippen LogP contribution in [0.3, 0.4) is 0 Å². The maximum Gasteiger partial charge on any atom is 0.273 e. The van der Waals surface area contributed by atoms with Crippen LogP contribution in [0, 0.1) is 5.92 Å². The lowest BCUT2D eigenvalue weighted by Crippen LogP contribution is -2.29. The standard InChI is InChI=1S/C30H31N3O3/c1-20(2)16-17-36-24-15-14-23(18-25(24)35-3)29-26-27(22-12-8-5-9-13-22)31-32-28(26)30(34)33(29)19-21-10-6-4-7-11-21/h4-15,18,20,29H,16-17,19H2,1-3H3,(H,31,32). The summed E-state index contributed by atoms with van der Waals surface area (Å²) in [6.07, 6.45) is 0.964. The van der Waals surface area contributed by atoms with Crippen molar-refractivity contribution in [3.8, 4) is 22.8 Å². The summed E-state index contributed by atoms with van der Waals surface area (Å²) in [5.74, 6) is 1.85. The predicted octanol–water partition coefficient (Wildman–Crippen LogP) is 6.26. The minimum atomic E-state index is -0.319. The van der Waals surface area contributed by atoms with Gasteiger partial charge in [0.25, 0.3) is 5.91 Å². The number of rotatable bonds is 9. The second-order valence-electron chi connectivity index (χ2n) is 9.49. The van der Waals surface area contributed by atoms with Crippen LogP contribution >= 0.6 is 0 Å². The number of methoxy groups -OCH3 is 1. The Balaban J connectivity index is 1.57. The van der Waals surface area contributed by atoms with Crippen LogP contribution in [0.25, 0.3) is 11.3 Å². The molecule has 1 unspecified atom stereocenters. The third kappa shape index (κ3) is 4.59. The number of benzene rings is 3. The van der Waals surface area contributed by atoms with Crippen molar-refractivity contribution in [2.24, 2.45) is 5.92 Å². The molecule has 1 N–H and O–H groups in total. The highest BCUT2D eigenvalue weighted by atomic mass is 16.5. The molecule has 36 heavy (non-hydrogen) atoms. The van der Waals surface area contributed by atoms with E-state index in [1.54, 1.807) is 7.11 Å². The quantitative estimate of drug-likeness (QED) is 0.307. The molecule has 1 aromatic heterocycles. The third-order valence-electron chi connectivity index (χ3n) is 6.56. The summed E-state index contributed by atoms with van der Waals surface area (Å²) in [5, 5.41) is 7.60. The summed E-state index contributed by atoms with van der Waals surface area (Å²) in [4.78, 5) is 15.6. The van der Waals surface area contributed by atoms with E-state index in [0.29, 0.717) is 36.3 Å². The average Bonchev–Trinajstić information content (AvgIpc) is 3.44. The Morgan fingerprint density at radius 2 is 1.69 bits per heavy atom. The minimum absolute atomic E-state index is 0.0650. The summed E-state index contributed by atoms with van der Waals surface area (Å²) >= 11 is 0. The molecule has 5 rings (SSSR count). The Bertz CT molecular complexity index is 1330. The number of nitrogens with zero attached hydrogens (tertiary/aromatic N) is 2. The monoisotopic (exact) mass is 481 g/mol. The highest BCUT2D eigenvalue weighted by Gasteiger charge is 2.42. The molecule has 6 heteroatoms. The molecule has 0 fully saturated rings. The lowest BCUT2D eigenvalue weighted by atomic mass is 9.95. The van der Waals surface area contributed by atoms with Crippen molar-refractivity contribution in [3.63, 3.8) is 0 Å². The van der Waals surface area contributed by atoms with Crippen LogP contribution in [0.2, 0.25) is 0 Å². The maximum atomic E-state index is 13.7. The normalized spacial score (nSPS) is 14.8. The smallest absolute Gasteiger partial charge is 0.273 e. The molecule has 0 saturated heterocycles. The second kappa shape index (κ2) is 10.3. The molecule has 2 heterocycles. The van der Waals surface area contributed by atoms with Gasteiger partial charge in [-0.3, -0.25) is 9.89 Å². The summed E-state index contributed by atoms with van der Waals surface area (Å²) < 4.78 is 11.7. The molecular weight excluding hydrogens is 450 g/mol. The van der Waals surface area contributed by atoms with Gasteiger partial charge in [-0.25, -0.2) is 0 Å². The van der Waals surface area contributed by atoms with E-state index in [-0.39, 0.29) is 11.9 Å².